The summed E-state index contributed by atoms with van der Waals surface area (Å²) in [6.07, 6.45) is 5.35. The second-order valence-corrected chi connectivity index (χ2v) is 2.21. The van der Waals surface area contributed by atoms with Gasteiger partial charge in [0.15, 0.2) is 0 Å². The molecule has 2 heterocycles. The number of hydrogen-bond donors (Lipinski definition) is 1. The number of nitriles is 1. The summed E-state index contributed by atoms with van der Waals surface area (Å²) in [6, 6.07) is 11.0. The first-order valence-electron chi connectivity index (χ1n) is 3.82. The molecule has 64 valence electrons. The van der Waals surface area contributed by atoms with E-state index in [2.05, 4.69) is 9.97 Å². The predicted molar refractivity (Wildman–Crippen MR) is 49.7 cm³/mol. The Balaban J connectivity index is 0.000000145. The van der Waals surface area contributed by atoms with Crippen LogP contribution in [0.2, 0.25) is 0 Å². The lowest BCUT2D eigenvalue weighted by atomic mass is 10.4. The molecule has 1 N–H and O–H groups in total. The van der Waals surface area contributed by atoms with Crippen LogP contribution >= 0.6 is 0 Å². The van der Waals surface area contributed by atoms with Crippen LogP contribution in [0.1, 0.15) is 5.69 Å². The number of aromatic amines is 1. The van der Waals surface area contributed by atoms with E-state index in [1.807, 2.05) is 30.6 Å². The van der Waals surface area contributed by atoms with Crippen molar-refractivity contribution in [3.8, 4) is 6.07 Å². The van der Waals surface area contributed by atoms with Gasteiger partial charge in [0.1, 0.15) is 11.8 Å². The molecule has 0 saturated heterocycles. The van der Waals surface area contributed by atoms with Crippen LogP contribution in [-0.4, -0.2) is 9.97 Å². The summed E-state index contributed by atoms with van der Waals surface area (Å²) in [5.74, 6) is 0. The maximum absolute atomic E-state index is 8.23. The summed E-state index contributed by atoms with van der Waals surface area (Å²) in [4.78, 5) is 6.60. The zero-order valence-corrected chi connectivity index (χ0v) is 7.01. The van der Waals surface area contributed by atoms with Crippen molar-refractivity contribution in [2.24, 2.45) is 0 Å². The molecule has 13 heavy (non-hydrogen) atoms. The van der Waals surface area contributed by atoms with Crippen molar-refractivity contribution in [3.05, 3.63) is 54.6 Å². The first-order chi connectivity index (χ1) is 6.43. The SMILES string of the molecule is N#Cc1ccccn1.c1cc[nH]c1. The smallest absolute Gasteiger partial charge is 0.140 e. The third-order valence-electron chi connectivity index (χ3n) is 1.28. The van der Waals surface area contributed by atoms with E-state index >= 15 is 0 Å². The van der Waals surface area contributed by atoms with Crippen LogP contribution in [0, 0.1) is 11.3 Å². The van der Waals surface area contributed by atoms with Crippen LogP contribution in [0.3, 0.4) is 0 Å². The minimum Gasteiger partial charge on any atom is -0.368 e. The van der Waals surface area contributed by atoms with Crippen LogP contribution in [0.25, 0.3) is 0 Å². The topological polar surface area (TPSA) is 52.5 Å². The summed E-state index contributed by atoms with van der Waals surface area (Å²) < 4.78 is 0. The van der Waals surface area contributed by atoms with Crippen molar-refractivity contribution in [3.63, 3.8) is 0 Å². The van der Waals surface area contributed by atoms with Gasteiger partial charge in [-0.05, 0) is 24.3 Å². The van der Waals surface area contributed by atoms with Gasteiger partial charge < -0.3 is 4.98 Å². The summed E-state index contributed by atoms with van der Waals surface area (Å²) in [5.41, 5.74) is 0.465. The molecule has 0 spiro atoms. The maximum atomic E-state index is 8.23. The molecule has 0 amide bonds. The van der Waals surface area contributed by atoms with E-state index < -0.39 is 0 Å². The van der Waals surface area contributed by atoms with Crippen molar-refractivity contribution in [1.82, 2.24) is 9.97 Å². The summed E-state index contributed by atoms with van der Waals surface area (Å²) in [6.45, 7) is 0. The first kappa shape index (κ1) is 9.01. The third-order valence-corrected chi connectivity index (χ3v) is 1.28. The number of pyridine rings is 1. The fourth-order valence-corrected chi connectivity index (χ4v) is 0.707. The quantitative estimate of drug-likeness (QED) is 0.658. The molecule has 2 rings (SSSR count). The Kier molecular flexibility index (Phi) is 3.85. The first-order valence-corrected chi connectivity index (χ1v) is 3.82. The highest BCUT2D eigenvalue weighted by atomic mass is 14.7. The minimum atomic E-state index is 0.465. The zero-order valence-electron chi connectivity index (χ0n) is 7.01. The van der Waals surface area contributed by atoms with Crippen molar-refractivity contribution in [2.75, 3.05) is 0 Å². The van der Waals surface area contributed by atoms with Gasteiger partial charge in [0.05, 0.1) is 0 Å². The molecule has 0 aliphatic carbocycles. The summed E-state index contributed by atoms with van der Waals surface area (Å²) >= 11 is 0. The molecular weight excluding hydrogens is 162 g/mol. The van der Waals surface area contributed by atoms with E-state index in [9.17, 15) is 0 Å². The van der Waals surface area contributed by atoms with Crippen LogP contribution in [0.5, 0.6) is 0 Å². The van der Waals surface area contributed by atoms with Gasteiger partial charge in [0.2, 0.25) is 0 Å². The van der Waals surface area contributed by atoms with Crippen molar-refractivity contribution >= 4 is 0 Å². The average Bonchev–Trinajstić information content (AvgIpc) is 2.77. The van der Waals surface area contributed by atoms with Crippen molar-refractivity contribution in [1.29, 1.82) is 5.26 Å². The van der Waals surface area contributed by atoms with E-state index in [-0.39, 0.29) is 0 Å². The molecule has 2 aromatic heterocycles. The lowest BCUT2D eigenvalue weighted by Gasteiger charge is -1.79. The van der Waals surface area contributed by atoms with Gasteiger partial charge in [-0.15, -0.1) is 0 Å². The largest absolute Gasteiger partial charge is 0.368 e. The highest BCUT2D eigenvalue weighted by molar-refractivity contribution is 5.18. The number of aromatic nitrogens is 2. The molecule has 0 fully saturated rings. The molecule has 2 aromatic rings. The van der Waals surface area contributed by atoms with Crippen LogP contribution < -0.4 is 0 Å². The molecule has 0 aliphatic heterocycles. The lowest BCUT2D eigenvalue weighted by Crippen LogP contribution is -1.75. The Hall–Kier alpha value is -2.08. The Bertz CT molecular complexity index is 328. The number of nitrogens with one attached hydrogen (secondary N) is 1. The van der Waals surface area contributed by atoms with E-state index in [1.54, 1.807) is 24.4 Å². The van der Waals surface area contributed by atoms with Gasteiger partial charge in [-0.25, -0.2) is 4.98 Å². The number of hydrogen-bond acceptors (Lipinski definition) is 2. The van der Waals surface area contributed by atoms with Crippen LogP contribution in [0.4, 0.5) is 0 Å². The Labute approximate surface area is 76.7 Å². The second-order valence-electron chi connectivity index (χ2n) is 2.21. The monoisotopic (exact) mass is 171 g/mol. The highest BCUT2D eigenvalue weighted by Crippen LogP contribution is 1.86. The maximum Gasteiger partial charge on any atom is 0.140 e. The van der Waals surface area contributed by atoms with E-state index in [1.165, 1.54) is 0 Å². The summed E-state index contributed by atoms with van der Waals surface area (Å²) in [5, 5.41) is 8.23. The van der Waals surface area contributed by atoms with Crippen molar-refractivity contribution < 1.29 is 0 Å². The fraction of sp³-hybridized carbons (Fsp3) is 0. The van der Waals surface area contributed by atoms with Gasteiger partial charge in [-0.1, -0.05) is 6.07 Å². The van der Waals surface area contributed by atoms with Gasteiger partial charge in [0.25, 0.3) is 0 Å². The molecule has 0 atom stereocenters. The molecule has 0 bridgehead atoms. The lowest BCUT2D eigenvalue weighted by molar-refractivity contribution is 1.26. The molecule has 0 aromatic carbocycles. The molecular formula is C10H9N3. The molecule has 3 heteroatoms. The number of nitrogens with zero attached hydrogens (tertiary/aromatic N) is 2. The average molecular weight is 171 g/mol. The molecule has 3 nitrogen and oxygen atoms in total. The van der Waals surface area contributed by atoms with E-state index in [0.717, 1.165) is 0 Å². The van der Waals surface area contributed by atoms with Gasteiger partial charge >= 0.3 is 0 Å². The fourth-order valence-electron chi connectivity index (χ4n) is 0.707. The predicted octanol–water partition coefficient (Wildman–Crippen LogP) is 1.97. The van der Waals surface area contributed by atoms with Gasteiger partial charge in [0, 0.05) is 18.6 Å². The van der Waals surface area contributed by atoms with Crippen LogP contribution in [0.15, 0.2) is 48.9 Å². The Morgan fingerprint density at radius 2 is 1.92 bits per heavy atom. The Morgan fingerprint density at radius 3 is 2.23 bits per heavy atom. The molecule has 0 saturated carbocycles. The van der Waals surface area contributed by atoms with Gasteiger partial charge in [-0.3, -0.25) is 0 Å². The second kappa shape index (κ2) is 5.56. The molecule has 0 radical (unpaired) electrons. The zero-order chi connectivity index (χ0) is 9.36. The highest BCUT2D eigenvalue weighted by Gasteiger charge is 1.81. The van der Waals surface area contributed by atoms with E-state index in [4.69, 9.17) is 5.26 Å². The minimum absolute atomic E-state index is 0.465. The Morgan fingerprint density at radius 1 is 1.15 bits per heavy atom. The molecule has 0 aliphatic rings. The summed E-state index contributed by atoms with van der Waals surface area (Å²) in [7, 11) is 0. The third kappa shape index (κ3) is 3.73. The normalized spacial score (nSPS) is 7.92. The standard InChI is InChI=1S/C6H4N2.C4H5N/c7-5-6-3-1-2-4-8-6;1-2-4-5-3-1/h1-4H;1-5H. The van der Waals surface area contributed by atoms with Crippen LogP contribution in [-0.2, 0) is 0 Å². The van der Waals surface area contributed by atoms with Gasteiger partial charge in [-0.2, -0.15) is 5.26 Å². The molecule has 0 unspecified atom stereocenters. The van der Waals surface area contributed by atoms with Crippen molar-refractivity contribution in [2.45, 2.75) is 0 Å². The number of rotatable bonds is 0. The number of H-pyrrole nitrogens is 1. The van der Waals surface area contributed by atoms with E-state index in [0.29, 0.717) is 5.69 Å².